The summed E-state index contributed by atoms with van der Waals surface area (Å²) in [6, 6.07) is 8.60. The summed E-state index contributed by atoms with van der Waals surface area (Å²) >= 11 is 6.05. The zero-order chi connectivity index (χ0) is 17.1. The van der Waals surface area contributed by atoms with E-state index in [1.165, 1.54) is 12.3 Å². The molecule has 3 N–H and O–H groups in total. The normalized spacial score (nSPS) is 10.2. The minimum Gasteiger partial charge on any atom is -0.388 e. The van der Waals surface area contributed by atoms with Crippen molar-refractivity contribution in [1.29, 1.82) is 0 Å². The fraction of sp³-hybridized carbons (Fsp3) is 0.0556. The van der Waals surface area contributed by atoms with Gasteiger partial charge in [0.2, 0.25) is 5.78 Å². The van der Waals surface area contributed by atoms with Gasteiger partial charge in [-0.25, -0.2) is 4.98 Å². The van der Waals surface area contributed by atoms with Crippen molar-refractivity contribution in [2.24, 2.45) is 0 Å². The molecule has 118 valence electrons. The van der Waals surface area contributed by atoms with Crippen molar-refractivity contribution in [3.63, 3.8) is 0 Å². The van der Waals surface area contributed by atoms with Gasteiger partial charge in [-0.05, 0) is 24.3 Å². The molecule has 0 aliphatic heterocycles. The van der Waals surface area contributed by atoms with Crippen LogP contribution in [0.25, 0.3) is 10.8 Å². The Labute approximate surface area is 143 Å². The van der Waals surface area contributed by atoms with E-state index in [4.69, 9.17) is 22.4 Å². The molecule has 2 heterocycles. The van der Waals surface area contributed by atoms with E-state index in [1.54, 1.807) is 24.4 Å². The minimum atomic E-state index is -0.572. The first-order valence-electron chi connectivity index (χ1n) is 7.04. The Morgan fingerprint density at radius 3 is 2.71 bits per heavy atom. The highest BCUT2D eigenvalue weighted by Crippen LogP contribution is 2.24. The van der Waals surface area contributed by atoms with Crippen molar-refractivity contribution in [2.45, 2.75) is 0 Å². The monoisotopic (exact) mass is 337 g/mol. The van der Waals surface area contributed by atoms with Crippen LogP contribution in [0.5, 0.6) is 0 Å². The second-order valence-corrected chi connectivity index (χ2v) is 5.45. The second-order valence-electron chi connectivity index (χ2n) is 5.01. The zero-order valence-electron chi connectivity index (χ0n) is 12.5. The number of hydrogen-bond donors (Lipinski definition) is 2. The highest BCUT2D eigenvalue weighted by molar-refractivity contribution is 6.31. The number of carbonyl (C=O) groups excluding carboxylic acids is 1. The molecular weight excluding hydrogens is 326 g/mol. The second kappa shape index (κ2) is 6.67. The van der Waals surface area contributed by atoms with Crippen LogP contribution in [-0.4, -0.2) is 27.5 Å². The predicted molar refractivity (Wildman–Crippen MR) is 92.8 cm³/mol. The maximum absolute atomic E-state index is 11.3. The number of hydrogen-bond acceptors (Lipinski definition) is 5. The van der Waals surface area contributed by atoms with E-state index in [-0.39, 0.29) is 5.69 Å². The number of Topliss-reactive ketones (excluding diaryl/α,β-unsaturated/α-hetero) is 1. The average Bonchev–Trinajstić information content (AvgIpc) is 2.60. The number of benzene rings is 1. The lowest BCUT2D eigenvalue weighted by molar-refractivity contribution is 0.0898. The number of nitrogen functional groups attached to an aromatic ring is 1. The van der Waals surface area contributed by atoms with Crippen LogP contribution in [0.1, 0.15) is 21.6 Å². The molecule has 0 radical (unpaired) electrons. The molecule has 0 aliphatic rings. The molecular formula is C18H12ClN3O2. The Hall–Kier alpha value is -2.94. The van der Waals surface area contributed by atoms with Gasteiger partial charge >= 0.3 is 0 Å². The number of aliphatic hydroxyl groups is 1. The zero-order valence-corrected chi connectivity index (χ0v) is 13.2. The molecule has 0 aliphatic carbocycles. The van der Waals surface area contributed by atoms with Gasteiger partial charge in [-0.3, -0.25) is 9.78 Å². The van der Waals surface area contributed by atoms with Gasteiger partial charge in [0, 0.05) is 33.8 Å². The van der Waals surface area contributed by atoms with Gasteiger partial charge < -0.3 is 10.8 Å². The van der Waals surface area contributed by atoms with Gasteiger partial charge in [-0.15, -0.1) is 0 Å². The van der Waals surface area contributed by atoms with E-state index in [1.807, 2.05) is 6.07 Å². The van der Waals surface area contributed by atoms with E-state index >= 15 is 0 Å². The highest BCUT2D eigenvalue weighted by atomic mass is 35.5. The fourth-order valence-electron chi connectivity index (χ4n) is 2.18. The van der Waals surface area contributed by atoms with Gasteiger partial charge in [-0.2, -0.15) is 0 Å². The van der Waals surface area contributed by atoms with E-state index in [9.17, 15) is 4.79 Å². The van der Waals surface area contributed by atoms with E-state index in [0.717, 1.165) is 10.8 Å². The van der Waals surface area contributed by atoms with Crippen LogP contribution in [-0.2, 0) is 0 Å². The Morgan fingerprint density at radius 1 is 1.17 bits per heavy atom. The smallest absolute Gasteiger partial charge is 0.206 e. The van der Waals surface area contributed by atoms with Crippen molar-refractivity contribution < 1.29 is 9.90 Å². The molecule has 3 rings (SSSR count). The van der Waals surface area contributed by atoms with Crippen LogP contribution < -0.4 is 5.73 Å². The molecule has 0 amide bonds. The first-order valence-corrected chi connectivity index (χ1v) is 7.42. The number of nitrogens with two attached hydrogens (primary N) is 1. The maximum atomic E-state index is 11.3. The summed E-state index contributed by atoms with van der Waals surface area (Å²) in [5.74, 6) is 5.82. The summed E-state index contributed by atoms with van der Waals surface area (Å²) in [6.45, 7) is -0.572. The van der Waals surface area contributed by atoms with Crippen LogP contribution in [0.4, 0.5) is 5.82 Å². The number of halogens is 1. The molecule has 1 aromatic carbocycles. The molecule has 0 fully saturated rings. The summed E-state index contributed by atoms with van der Waals surface area (Å²) in [4.78, 5) is 19.5. The van der Waals surface area contributed by atoms with Crippen LogP contribution in [0, 0.1) is 11.8 Å². The maximum Gasteiger partial charge on any atom is 0.206 e. The molecule has 2 aromatic heterocycles. The van der Waals surface area contributed by atoms with Crippen molar-refractivity contribution in [3.05, 3.63) is 64.6 Å². The lowest BCUT2D eigenvalue weighted by Gasteiger charge is -2.04. The number of nitrogens with zero attached hydrogens (tertiary/aromatic N) is 2. The Kier molecular flexibility index (Phi) is 4.43. The van der Waals surface area contributed by atoms with Gasteiger partial charge in [0.25, 0.3) is 0 Å². The van der Waals surface area contributed by atoms with E-state index < -0.39 is 12.4 Å². The van der Waals surface area contributed by atoms with Crippen LogP contribution in [0.3, 0.4) is 0 Å². The topological polar surface area (TPSA) is 89.1 Å². The lowest BCUT2D eigenvalue weighted by Crippen LogP contribution is -2.06. The van der Waals surface area contributed by atoms with Gasteiger partial charge in [-0.1, -0.05) is 29.5 Å². The molecule has 0 bridgehead atoms. The predicted octanol–water partition coefficient (Wildman–Crippen LogP) is 2.44. The number of pyridine rings is 2. The Bertz CT molecular complexity index is 984. The highest BCUT2D eigenvalue weighted by Gasteiger charge is 2.06. The molecule has 24 heavy (non-hydrogen) atoms. The number of anilines is 1. The van der Waals surface area contributed by atoms with Gasteiger partial charge in [0.1, 0.15) is 18.1 Å². The number of carbonyl (C=O) groups is 1. The fourth-order valence-corrected chi connectivity index (χ4v) is 2.35. The van der Waals surface area contributed by atoms with Crippen LogP contribution >= 0.6 is 11.6 Å². The summed E-state index contributed by atoms with van der Waals surface area (Å²) in [5.41, 5.74) is 7.34. The van der Waals surface area contributed by atoms with E-state index in [0.29, 0.717) is 22.0 Å². The molecule has 5 nitrogen and oxygen atoms in total. The number of rotatable bonds is 2. The van der Waals surface area contributed by atoms with Crippen LogP contribution in [0.15, 0.2) is 42.7 Å². The number of aromatic nitrogens is 2. The van der Waals surface area contributed by atoms with E-state index in [2.05, 4.69) is 21.8 Å². The van der Waals surface area contributed by atoms with Crippen LogP contribution in [0.2, 0.25) is 5.02 Å². The molecule has 0 saturated heterocycles. The summed E-state index contributed by atoms with van der Waals surface area (Å²) in [7, 11) is 0. The van der Waals surface area contributed by atoms with Crippen molar-refractivity contribution in [1.82, 2.24) is 9.97 Å². The van der Waals surface area contributed by atoms with Crippen molar-refractivity contribution >= 4 is 34.0 Å². The molecule has 6 heteroatoms. The number of aliphatic hydroxyl groups excluding tert-OH is 1. The molecule has 0 atom stereocenters. The lowest BCUT2D eigenvalue weighted by atomic mass is 10.1. The minimum absolute atomic E-state index is 0.196. The quantitative estimate of drug-likeness (QED) is 0.554. The largest absolute Gasteiger partial charge is 0.388 e. The molecule has 3 aromatic rings. The molecule has 0 saturated carbocycles. The van der Waals surface area contributed by atoms with Crippen molar-refractivity contribution in [2.75, 3.05) is 12.3 Å². The number of fused-ring (bicyclic) bond motifs is 1. The molecule has 0 unspecified atom stereocenters. The summed E-state index contributed by atoms with van der Waals surface area (Å²) in [5, 5.41) is 11.1. The SMILES string of the molecule is Nc1ncc2ccc(Cl)cc2c1C#Cc1ccc(C(=O)CO)nc1. The standard InChI is InChI=1S/C18H12ClN3O2/c19-13-4-3-12-9-22-18(20)14(15(12)7-13)5-1-11-2-6-16(21-8-11)17(24)10-23/h2-4,6-9,23H,10H2,(H2,20,22). The first-order chi connectivity index (χ1) is 11.6. The molecule has 0 spiro atoms. The van der Waals surface area contributed by atoms with Crippen molar-refractivity contribution in [3.8, 4) is 11.8 Å². The summed E-state index contributed by atoms with van der Waals surface area (Å²) < 4.78 is 0. The first kappa shape index (κ1) is 15.9. The van der Waals surface area contributed by atoms with Gasteiger partial charge in [0.05, 0.1) is 5.56 Å². The third-order valence-electron chi connectivity index (χ3n) is 3.41. The summed E-state index contributed by atoms with van der Waals surface area (Å²) in [6.07, 6.45) is 3.14. The third-order valence-corrected chi connectivity index (χ3v) is 3.64. The Morgan fingerprint density at radius 2 is 2.00 bits per heavy atom. The average molecular weight is 338 g/mol. The third kappa shape index (κ3) is 3.20. The van der Waals surface area contributed by atoms with Gasteiger partial charge in [0.15, 0.2) is 0 Å². The Balaban J connectivity index is 2.02. The number of ketones is 1.